The zero-order valence-corrected chi connectivity index (χ0v) is 23.4. The van der Waals surface area contributed by atoms with Crippen LogP contribution in [0.3, 0.4) is 0 Å². The van der Waals surface area contributed by atoms with Crippen LogP contribution < -0.4 is 5.32 Å². The molecule has 2 N–H and O–H groups in total. The molecule has 0 spiro atoms. The molecule has 206 valence electrons. The first-order valence-corrected chi connectivity index (χ1v) is 13.6. The van der Waals surface area contributed by atoms with E-state index in [-0.39, 0.29) is 29.5 Å². The Balaban J connectivity index is 0.000000733. The molecular formula is C29H41ClF2N2O3. The Morgan fingerprint density at radius 2 is 1.73 bits per heavy atom. The molecule has 2 aromatic carbocycles. The summed E-state index contributed by atoms with van der Waals surface area (Å²) in [5.41, 5.74) is 2.99. The number of aliphatic hydroxyl groups excluding tert-OH is 1. The first kappa shape index (κ1) is 31.2. The van der Waals surface area contributed by atoms with Crippen LogP contribution in [0.5, 0.6) is 0 Å². The average molecular weight is 539 g/mol. The summed E-state index contributed by atoms with van der Waals surface area (Å²) < 4.78 is 33.7. The fourth-order valence-corrected chi connectivity index (χ4v) is 4.39. The minimum Gasteiger partial charge on any atom is -0.394 e. The van der Waals surface area contributed by atoms with E-state index in [2.05, 4.69) is 10.2 Å². The number of likely N-dealkylation sites (tertiary alicyclic amines) is 1. The molecule has 0 bridgehead atoms. The van der Waals surface area contributed by atoms with Crippen LogP contribution in [-0.4, -0.2) is 48.3 Å². The van der Waals surface area contributed by atoms with Crippen molar-refractivity contribution in [1.29, 1.82) is 0 Å². The van der Waals surface area contributed by atoms with Gasteiger partial charge in [-0.15, -0.1) is 0 Å². The van der Waals surface area contributed by atoms with Gasteiger partial charge in [0.25, 0.3) is 5.91 Å². The van der Waals surface area contributed by atoms with Crippen LogP contribution in [0.1, 0.15) is 86.3 Å². The number of nitrogens with zero attached hydrogens (tertiary/aromatic N) is 1. The molecule has 8 heteroatoms. The molecule has 37 heavy (non-hydrogen) atoms. The smallest absolute Gasteiger partial charge is 0.254 e. The number of aliphatic hydroxyl groups is 1. The van der Waals surface area contributed by atoms with E-state index < -0.39 is 5.82 Å². The van der Waals surface area contributed by atoms with Crippen molar-refractivity contribution in [3.8, 4) is 0 Å². The monoisotopic (exact) mass is 538 g/mol. The van der Waals surface area contributed by atoms with Crippen LogP contribution in [0, 0.1) is 11.6 Å². The second-order valence-corrected chi connectivity index (χ2v) is 9.91. The minimum atomic E-state index is -0.465. The van der Waals surface area contributed by atoms with Gasteiger partial charge in [-0.2, -0.15) is 0 Å². The number of halogens is 3. The summed E-state index contributed by atoms with van der Waals surface area (Å²) in [6.07, 6.45) is 3.88. The van der Waals surface area contributed by atoms with Gasteiger partial charge >= 0.3 is 0 Å². The van der Waals surface area contributed by atoms with Crippen LogP contribution in [0.25, 0.3) is 0 Å². The summed E-state index contributed by atoms with van der Waals surface area (Å²) in [5.74, 6) is -0.772. The lowest BCUT2D eigenvalue weighted by Crippen LogP contribution is -2.36. The van der Waals surface area contributed by atoms with Crippen LogP contribution >= 0.6 is 11.6 Å². The van der Waals surface area contributed by atoms with Gasteiger partial charge < -0.3 is 15.2 Å². The number of nitrogens with one attached hydrogen (secondary N) is 1. The Hall–Kier alpha value is -2.06. The zero-order chi connectivity index (χ0) is 27.5. The third-order valence-corrected chi connectivity index (χ3v) is 6.49. The van der Waals surface area contributed by atoms with Gasteiger partial charge in [-0.3, -0.25) is 9.69 Å². The fourth-order valence-electron chi connectivity index (χ4n) is 4.17. The van der Waals surface area contributed by atoms with Crippen LogP contribution in [0.2, 0.25) is 5.02 Å². The van der Waals surface area contributed by atoms with E-state index in [4.69, 9.17) is 21.4 Å². The number of amides is 1. The summed E-state index contributed by atoms with van der Waals surface area (Å²) >= 11 is 6.07. The number of hydrogen-bond acceptors (Lipinski definition) is 4. The van der Waals surface area contributed by atoms with Gasteiger partial charge in [-0.05, 0) is 86.4 Å². The second-order valence-electron chi connectivity index (χ2n) is 9.50. The lowest BCUT2D eigenvalue weighted by atomic mass is 9.97. The van der Waals surface area contributed by atoms with Gasteiger partial charge in [0, 0.05) is 37.8 Å². The maximum atomic E-state index is 14.6. The maximum Gasteiger partial charge on any atom is 0.254 e. The van der Waals surface area contributed by atoms with Gasteiger partial charge in [-0.25, -0.2) is 8.78 Å². The SMILES string of the molecule is CC.CC(C)O.CNC(=O)c1cc(C2CC2)c(CN2CCC(OCc3ccc(F)cc3Cl)CC2)cc1F. The Kier molecular flexibility index (Phi) is 12.9. The van der Waals surface area contributed by atoms with Crippen LogP contribution in [0.4, 0.5) is 8.78 Å². The molecule has 1 saturated carbocycles. The van der Waals surface area contributed by atoms with Crippen molar-refractivity contribution in [1.82, 2.24) is 10.2 Å². The van der Waals surface area contributed by atoms with Crippen molar-refractivity contribution in [3.63, 3.8) is 0 Å². The molecule has 4 rings (SSSR count). The summed E-state index contributed by atoms with van der Waals surface area (Å²) in [6, 6.07) is 7.62. The summed E-state index contributed by atoms with van der Waals surface area (Å²) in [6.45, 7) is 10.2. The standard InChI is InChI=1S/C24H27ClF2N2O2.C3H8O.C2H6/c1-28-24(30)21-12-20(15-2-3-15)17(10-23(21)27)13-29-8-6-19(7-9-29)31-14-16-4-5-18(26)11-22(16)25;1-3(2)4;1-2/h4-5,10-12,15,19H,2-3,6-9,13-14H2,1H3,(H,28,30);3-4H,1-2H3;1-2H3. The van der Waals surface area contributed by atoms with Gasteiger partial charge in [0.1, 0.15) is 11.6 Å². The molecule has 0 atom stereocenters. The van der Waals surface area contributed by atoms with Crippen molar-refractivity contribution < 1.29 is 23.4 Å². The molecule has 1 amide bonds. The first-order valence-electron chi connectivity index (χ1n) is 13.2. The normalized spacial score (nSPS) is 15.9. The molecule has 2 fully saturated rings. The fraction of sp³-hybridized carbons (Fsp3) is 0.552. The lowest BCUT2D eigenvalue weighted by Gasteiger charge is -2.32. The largest absolute Gasteiger partial charge is 0.394 e. The quantitative estimate of drug-likeness (QED) is 0.425. The van der Waals surface area contributed by atoms with E-state index in [1.165, 1.54) is 25.2 Å². The molecule has 0 unspecified atom stereocenters. The van der Waals surface area contributed by atoms with Crippen LogP contribution in [-0.2, 0) is 17.9 Å². The number of piperidine rings is 1. The zero-order valence-electron chi connectivity index (χ0n) is 22.6. The van der Waals surface area contributed by atoms with Crippen molar-refractivity contribution in [2.45, 2.75) is 84.7 Å². The van der Waals surface area contributed by atoms with E-state index in [9.17, 15) is 13.6 Å². The summed E-state index contributed by atoms with van der Waals surface area (Å²) in [4.78, 5) is 14.3. The van der Waals surface area contributed by atoms with Gasteiger partial charge in [0.05, 0.1) is 18.3 Å². The number of ether oxygens (including phenoxy) is 1. The van der Waals surface area contributed by atoms with Gasteiger partial charge in [0.15, 0.2) is 0 Å². The lowest BCUT2D eigenvalue weighted by molar-refractivity contribution is -0.00398. The minimum absolute atomic E-state index is 0.118. The Morgan fingerprint density at radius 3 is 2.27 bits per heavy atom. The van der Waals surface area contributed by atoms with E-state index in [1.807, 2.05) is 13.8 Å². The molecule has 1 aliphatic heterocycles. The predicted octanol–water partition coefficient (Wildman–Crippen LogP) is 6.45. The number of hydrogen-bond donors (Lipinski definition) is 2. The van der Waals surface area contributed by atoms with Crippen molar-refractivity contribution in [3.05, 3.63) is 69.2 Å². The number of carbonyl (C=O) groups excluding carboxylic acids is 1. The summed E-state index contributed by atoms with van der Waals surface area (Å²) in [5, 5.41) is 11.0. The third-order valence-electron chi connectivity index (χ3n) is 6.14. The van der Waals surface area contributed by atoms with Crippen molar-refractivity contribution in [2.24, 2.45) is 0 Å². The van der Waals surface area contributed by atoms with Crippen LogP contribution in [0.15, 0.2) is 30.3 Å². The Bertz CT molecular complexity index is 1000. The highest BCUT2D eigenvalue weighted by atomic mass is 35.5. The third kappa shape index (κ3) is 9.97. The van der Waals surface area contributed by atoms with E-state index in [0.717, 1.165) is 55.5 Å². The molecule has 5 nitrogen and oxygen atoms in total. The molecule has 1 aliphatic carbocycles. The Labute approximate surface area is 225 Å². The second kappa shape index (κ2) is 15.4. The molecule has 0 aromatic heterocycles. The van der Waals surface area contributed by atoms with E-state index in [0.29, 0.717) is 24.1 Å². The highest BCUT2D eigenvalue weighted by molar-refractivity contribution is 6.31. The number of carbonyl (C=O) groups is 1. The van der Waals surface area contributed by atoms with Gasteiger partial charge in [-0.1, -0.05) is 31.5 Å². The Morgan fingerprint density at radius 1 is 1.11 bits per heavy atom. The molecule has 0 radical (unpaired) electrons. The van der Waals surface area contributed by atoms with E-state index >= 15 is 0 Å². The highest BCUT2D eigenvalue weighted by Crippen LogP contribution is 2.43. The molecule has 1 saturated heterocycles. The average Bonchev–Trinajstić information content (AvgIpc) is 3.70. The molecule has 2 aromatic rings. The topological polar surface area (TPSA) is 61.8 Å². The number of benzene rings is 2. The van der Waals surface area contributed by atoms with Crippen molar-refractivity contribution >= 4 is 17.5 Å². The highest BCUT2D eigenvalue weighted by Gasteiger charge is 2.29. The van der Waals surface area contributed by atoms with Crippen molar-refractivity contribution in [2.75, 3.05) is 20.1 Å². The van der Waals surface area contributed by atoms with E-state index in [1.54, 1.807) is 26.0 Å². The molecule has 2 aliphatic rings. The summed E-state index contributed by atoms with van der Waals surface area (Å²) in [7, 11) is 1.52. The predicted molar refractivity (Wildman–Crippen MR) is 145 cm³/mol. The molecular weight excluding hydrogens is 498 g/mol. The number of rotatable bonds is 7. The maximum absolute atomic E-state index is 14.6. The molecule has 1 heterocycles. The first-order chi connectivity index (χ1) is 17.7. The van der Waals surface area contributed by atoms with Gasteiger partial charge in [0.2, 0.25) is 0 Å².